The number of halogens is 3. The van der Waals surface area contributed by atoms with Crippen molar-refractivity contribution in [3.8, 4) is 17.0 Å². The number of hydrogen-bond donors (Lipinski definition) is 2. The van der Waals surface area contributed by atoms with Crippen LogP contribution in [0.1, 0.15) is 22.4 Å². The fourth-order valence-electron chi connectivity index (χ4n) is 2.36. The molecule has 27 heavy (non-hydrogen) atoms. The Morgan fingerprint density at radius 2 is 1.89 bits per heavy atom. The van der Waals surface area contributed by atoms with Crippen molar-refractivity contribution in [2.75, 3.05) is 6.61 Å². The number of primary amides is 1. The summed E-state index contributed by atoms with van der Waals surface area (Å²) < 4.78 is 51.3. The highest BCUT2D eigenvalue weighted by molar-refractivity contribution is 5.93. The highest BCUT2D eigenvalue weighted by Crippen LogP contribution is 2.29. The monoisotopic (exact) mass is 378 g/mol. The van der Waals surface area contributed by atoms with Crippen molar-refractivity contribution >= 4 is 5.91 Å². The van der Waals surface area contributed by atoms with Crippen molar-refractivity contribution in [1.29, 1.82) is 0 Å². The second-order valence-corrected chi connectivity index (χ2v) is 5.47. The molecule has 3 aromatic rings. The normalized spacial score (nSPS) is 12.0. The molecule has 3 rings (SSSR count). The second-order valence-electron chi connectivity index (χ2n) is 5.47. The number of rotatable bonds is 6. The zero-order chi connectivity index (χ0) is 19.6. The van der Waals surface area contributed by atoms with Crippen LogP contribution in [0.25, 0.3) is 11.3 Å². The zero-order valence-electron chi connectivity index (χ0n) is 13.7. The van der Waals surface area contributed by atoms with E-state index in [1.165, 1.54) is 30.5 Å². The second kappa shape index (κ2) is 7.50. The fourth-order valence-corrected chi connectivity index (χ4v) is 2.36. The quantitative estimate of drug-likeness (QED) is 0.687. The first-order valence-electron chi connectivity index (χ1n) is 7.67. The molecule has 9 heteroatoms. The first-order chi connectivity index (χ1) is 12.9. The van der Waals surface area contributed by atoms with E-state index in [1.54, 1.807) is 0 Å². The summed E-state index contributed by atoms with van der Waals surface area (Å²) >= 11 is 0. The number of ether oxygens (including phenoxy) is 1. The number of hydrogen-bond acceptors (Lipinski definition) is 5. The van der Waals surface area contributed by atoms with Crippen LogP contribution in [0.15, 0.2) is 47.1 Å². The molecule has 0 radical (unpaired) electrons. The molecule has 0 fully saturated rings. The summed E-state index contributed by atoms with van der Waals surface area (Å²) in [6.45, 7) is -0.647. The van der Waals surface area contributed by atoms with Crippen LogP contribution < -0.4 is 10.5 Å². The third kappa shape index (κ3) is 3.77. The number of carbonyl (C=O) groups excluding carboxylic acids is 1. The van der Waals surface area contributed by atoms with Crippen LogP contribution >= 0.6 is 0 Å². The van der Waals surface area contributed by atoms with Gasteiger partial charge in [0.05, 0.1) is 6.61 Å². The molecule has 2 aromatic carbocycles. The predicted molar refractivity (Wildman–Crippen MR) is 87.2 cm³/mol. The number of benzene rings is 2. The van der Waals surface area contributed by atoms with Crippen LogP contribution in [0.3, 0.4) is 0 Å². The minimum Gasteiger partial charge on any atom is -0.475 e. The Bertz CT molecular complexity index is 973. The van der Waals surface area contributed by atoms with Crippen LogP contribution in [0, 0.1) is 17.5 Å². The molecule has 0 unspecified atom stereocenters. The Morgan fingerprint density at radius 1 is 1.19 bits per heavy atom. The number of carbonyl (C=O) groups is 1. The van der Waals surface area contributed by atoms with Gasteiger partial charge in [0.25, 0.3) is 5.91 Å². The molecule has 6 nitrogen and oxygen atoms in total. The molecular weight excluding hydrogens is 365 g/mol. The number of oxazole rings is 1. The van der Waals surface area contributed by atoms with Crippen molar-refractivity contribution in [3.63, 3.8) is 0 Å². The van der Waals surface area contributed by atoms with Crippen molar-refractivity contribution in [1.82, 2.24) is 4.98 Å². The Hall–Kier alpha value is -3.33. The zero-order valence-corrected chi connectivity index (χ0v) is 13.7. The van der Waals surface area contributed by atoms with E-state index in [1.807, 2.05) is 0 Å². The van der Waals surface area contributed by atoms with Crippen LogP contribution in [0.5, 0.6) is 5.75 Å². The average Bonchev–Trinajstić information content (AvgIpc) is 3.11. The molecular formula is C18H13F3N2O4. The Kier molecular flexibility index (Phi) is 5.13. The first-order valence-corrected chi connectivity index (χ1v) is 7.67. The molecule has 1 aromatic heterocycles. The number of aliphatic hydroxyl groups excluding tert-OH is 1. The highest BCUT2D eigenvalue weighted by atomic mass is 19.1. The van der Waals surface area contributed by atoms with Gasteiger partial charge in [-0.3, -0.25) is 4.79 Å². The van der Waals surface area contributed by atoms with Crippen LogP contribution in [-0.2, 0) is 0 Å². The van der Waals surface area contributed by atoms with Gasteiger partial charge in [-0.05, 0) is 36.4 Å². The van der Waals surface area contributed by atoms with Gasteiger partial charge in [-0.15, -0.1) is 0 Å². The molecule has 0 bridgehead atoms. The maximum atomic E-state index is 14.3. The summed E-state index contributed by atoms with van der Waals surface area (Å²) in [7, 11) is 0. The van der Waals surface area contributed by atoms with E-state index < -0.39 is 47.4 Å². The summed E-state index contributed by atoms with van der Waals surface area (Å²) in [5.41, 5.74) is 4.89. The lowest BCUT2D eigenvalue weighted by molar-refractivity contribution is 0.0887. The molecule has 0 aliphatic carbocycles. The van der Waals surface area contributed by atoms with E-state index in [2.05, 4.69) is 4.98 Å². The summed E-state index contributed by atoms with van der Waals surface area (Å²) in [6, 6.07) is 7.19. The summed E-state index contributed by atoms with van der Waals surface area (Å²) in [4.78, 5) is 15.3. The number of amides is 1. The van der Waals surface area contributed by atoms with Crippen LogP contribution in [0.2, 0.25) is 0 Å². The van der Waals surface area contributed by atoms with E-state index in [0.29, 0.717) is 11.3 Å². The van der Waals surface area contributed by atoms with E-state index in [-0.39, 0.29) is 5.89 Å². The Balaban J connectivity index is 1.88. The standard InChI is InChI=1S/C18H13F3N2O4/c19-10-3-1-9(2-4-10)12-8-26-18(23-12)14(7-24)27-13-6-5-11(20)15(16(13)21)17(22)25/h1-6,8,14,24H,7H2,(H2,22,25)/t14-/m1/s1. The van der Waals surface area contributed by atoms with Gasteiger partial charge >= 0.3 is 0 Å². The molecule has 140 valence electrons. The lowest BCUT2D eigenvalue weighted by Gasteiger charge is -2.15. The van der Waals surface area contributed by atoms with E-state index in [0.717, 1.165) is 12.1 Å². The molecule has 1 amide bonds. The minimum atomic E-state index is -1.30. The van der Waals surface area contributed by atoms with Crippen molar-refractivity contribution in [3.05, 3.63) is 71.6 Å². The van der Waals surface area contributed by atoms with Gasteiger partial charge < -0.3 is 20.0 Å². The molecule has 0 saturated heterocycles. The lowest BCUT2D eigenvalue weighted by atomic mass is 10.1. The third-order valence-electron chi connectivity index (χ3n) is 3.67. The maximum absolute atomic E-state index is 14.3. The molecule has 1 heterocycles. The van der Waals surface area contributed by atoms with Crippen molar-refractivity contribution in [2.45, 2.75) is 6.10 Å². The van der Waals surface area contributed by atoms with Gasteiger partial charge in [0.2, 0.25) is 5.89 Å². The van der Waals surface area contributed by atoms with Crippen molar-refractivity contribution in [2.24, 2.45) is 5.73 Å². The van der Waals surface area contributed by atoms with E-state index in [4.69, 9.17) is 14.9 Å². The lowest BCUT2D eigenvalue weighted by Crippen LogP contribution is -2.18. The van der Waals surface area contributed by atoms with Gasteiger partial charge in [0, 0.05) is 5.56 Å². The summed E-state index contributed by atoms with van der Waals surface area (Å²) in [5.74, 6) is -4.76. The number of aliphatic hydroxyl groups is 1. The van der Waals surface area contributed by atoms with E-state index >= 15 is 0 Å². The predicted octanol–water partition coefficient (Wildman–Crippen LogP) is 2.97. The highest BCUT2D eigenvalue weighted by Gasteiger charge is 2.24. The number of nitrogens with zero attached hydrogens (tertiary/aromatic N) is 1. The third-order valence-corrected chi connectivity index (χ3v) is 3.67. The topological polar surface area (TPSA) is 98.6 Å². The van der Waals surface area contributed by atoms with Gasteiger partial charge in [-0.2, -0.15) is 0 Å². The molecule has 0 saturated carbocycles. The molecule has 0 aliphatic heterocycles. The summed E-state index contributed by atoms with van der Waals surface area (Å²) in [5, 5.41) is 9.52. The number of nitrogens with two attached hydrogens (primary N) is 1. The van der Waals surface area contributed by atoms with Crippen LogP contribution in [0.4, 0.5) is 13.2 Å². The molecule has 1 atom stereocenters. The molecule has 0 spiro atoms. The smallest absolute Gasteiger partial charge is 0.254 e. The van der Waals surface area contributed by atoms with Gasteiger partial charge in [-0.1, -0.05) is 0 Å². The minimum absolute atomic E-state index is 0.0961. The summed E-state index contributed by atoms with van der Waals surface area (Å²) in [6.07, 6.45) is 0.0182. The Morgan fingerprint density at radius 3 is 2.52 bits per heavy atom. The van der Waals surface area contributed by atoms with Gasteiger partial charge in [-0.25, -0.2) is 18.2 Å². The SMILES string of the molecule is NC(=O)c1c(F)ccc(O[C@H](CO)c2nc(-c3ccc(F)cc3)co2)c1F. The van der Waals surface area contributed by atoms with Gasteiger partial charge in [0.1, 0.15) is 29.2 Å². The largest absolute Gasteiger partial charge is 0.475 e. The fraction of sp³-hybridized carbons (Fsp3) is 0.111. The first kappa shape index (κ1) is 18.5. The average molecular weight is 378 g/mol. The molecule has 3 N–H and O–H groups in total. The molecule has 0 aliphatic rings. The maximum Gasteiger partial charge on any atom is 0.254 e. The van der Waals surface area contributed by atoms with E-state index in [9.17, 15) is 23.1 Å². The number of aromatic nitrogens is 1. The van der Waals surface area contributed by atoms with Crippen LogP contribution in [-0.4, -0.2) is 22.6 Å². The van der Waals surface area contributed by atoms with Gasteiger partial charge in [0.15, 0.2) is 17.7 Å². The van der Waals surface area contributed by atoms with Crippen molar-refractivity contribution < 1.29 is 32.2 Å². The Labute approximate surface area is 151 Å².